The zero-order valence-corrected chi connectivity index (χ0v) is 15.6. The molecule has 128 valence electrons. The molecule has 0 fully saturated rings. The first-order valence-electron chi connectivity index (χ1n) is 7.65. The number of carbonyl (C=O) groups is 2. The van der Waals surface area contributed by atoms with E-state index in [0.717, 1.165) is 25.2 Å². The number of primary amides is 1. The van der Waals surface area contributed by atoms with E-state index in [9.17, 15) is 9.59 Å². The van der Waals surface area contributed by atoms with Gasteiger partial charge in [-0.15, -0.1) is 0 Å². The number of hydrogen-bond acceptors (Lipinski definition) is 4. The molecule has 0 spiro atoms. The van der Waals surface area contributed by atoms with E-state index in [1.54, 1.807) is 0 Å². The zero-order valence-electron chi connectivity index (χ0n) is 14.0. The minimum absolute atomic E-state index is 0.348. The summed E-state index contributed by atoms with van der Waals surface area (Å²) in [6.07, 6.45) is 0.991. The summed E-state index contributed by atoms with van der Waals surface area (Å²) in [5, 5.41) is 2.74. The highest BCUT2D eigenvalue weighted by Crippen LogP contribution is 2.23. The van der Waals surface area contributed by atoms with Crippen LogP contribution in [0.25, 0.3) is 0 Å². The van der Waals surface area contributed by atoms with Crippen molar-refractivity contribution in [1.29, 1.82) is 0 Å². The van der Waals surface area contributed by atoms with Crippen LogP contribution in [0.3, 0.4) is 0 Å². The van der Waals surface area contributed by atoms with Gasteiger partial charge in [0.15, 0.2) is 10.4 Å². The summed E-state index contributed by atoms with van der Waals surface area (Å²) in [5.41, 5.74) is 6.18. The third-order valence-corrected chi connectivity index (χ3v) is 4.61. The van der Waals surface area contributed by atoms with E-state index in [4.69, 9.17) is 5.73 Å². The smallest absolute Gasteiger partial charge is 0.272 e. The summed E-state index contributed by atoms with van der Waals surface area (Å²) in [5.74, 6) is -0.916. The van der Waals surface area contributed by atoms with Crippen LogP contribution in [0, 0.1) is 5.41 Å². The van der Waals surface area contributed by atoms with Gasteiger partial charge in [-0.1, -0.05) is 20.8 Å². The number of nitrogens with one attached hydrogen (secondary N) is 1. The van der Waals surface area contributed by atoms with Crippen molar-refractivity contribution in [2.45, 2.75) is 46.3 Å². The molecule has 2 heterocycles. The Morgan fingerprint density at radius 2 is 2.00 bits per heavy atom. The highest BCUT2D eigenvalue weighted by Gasteiger charge is 2.33. The van der Waals surface area contributed by atoms with Crippen molar-refractivity contribution in [2.75, 3.05) is 13.6 Å². The second kappa shape index (κ2) is 6.60. The number of hydrogen-bond donors (Lipinski definition) is 2. The largest absolute Gasteiger partial charge is 0.368 e. The van der Waals surface area contributed by atoms with E-state index in [0.29, 0.717) is 17.0 Å². The number of aromatic nitrogens is 2. The molecule has 7 nitrogen and oxygen atoms in total. The van der Waals surface area contributed by atoms with Crippen molar-refractivity contribution >= 4 is 27.7 Å². The standard InChI is InChI=1S/C15H24BrN5O2/c1-15(2,3)11(12(17)22)19-13(23)10-9-8-20(4)6-5-7-21(9)14(16)18-10/h11H,5-8H2,1-4H3,(H2,17,22)(H,19,23)/t11-/m1/s1. The first-order valence-corrected chi connectivity index (χ1v) is 8.44. The van der Waals surface area contributed by atoms with Crippen molar-refractivity contribution in [2.24, 2.45) is 11.1 Å². The van der Waals surface area contributed by atoms with Crippen LogP contribution in [0.2, 0.25) is 0 Å². The van der Waals surface area contributed by atoms with E-state index in [2.05, 4.69) is 31.1 Å². The molecule has 1 aromatic heterocycles. The second-order valence-corrected chi connectivity index (χ2v) is 7.80. The van der Waals surface area contributed by atoms with Gasteiger partial charge in [-0.3, -0.25) is 9.59 Å². The highest BCUT2D eigenvalue weighted by atomic mass is 79.9. The maximum atomic E-state index is 12.7. The molecule has 8 heteroatoms. The van der Waals surface area contributed by atoms with Crippen molar-refractivity contribution in [3.05, 3.63) is 16.1 Å². The SMILES string of the molecule is CN1CCCn2c(Br)nc(C(=O)N[C@H](C(N)=O)C(C)(C)C)c2C1. The zero-order chi connectivity index (χ0) is 17.4. The van der Waals surface area contributed by atoms with Crippen molar-refractivity contribution in [3.63, 3.8) is 0 Å². The number of carbonyl (C=O) groups excluding carboxylic acids is 2. The number of imidazole rings is 1. The van der Waals surface area contributed by atoms with Gasteiger partial charge in [-0.25, -0.2) is 4.98 Å². The fraction of sp³-hybridized carbons (Fsp3) is 0.667. The number of amides is 2. The van der Waals surface area contributed by atoms with Crippen LogP contribution < -0.4 is 11.1 Å². The van der Waals surface area contributed by atoms with Gasteiger partial charge < -0.3 is 20.5 Å². The molecule has 0 aromatic carbocycles. The predicted octanol–water partition coefficient (Wildman–Crippen LogP) is 1.11. The van der Waals surface area contributed by atoms with Gasteiger partial charge in [0.25, 0.3) is 5.91 Å². The molecular formula is C15H24BrN5O2. The van der Waals surface area contributed by atoms with Crippen molar-refractivity contribution in [3.8, 4) is 0 Å². The molecule has 0 unspecified atom stereocenters. The summed E-state index contributed by atoms with van der Waals surface area (Å²) in [6, 6.07) is -0.755. The molecule has 3 N–H and O–H groups in total. The fourth-order valence-corrected chi connectivity index (χ4v) is 3.34. The number of fused-ring (bicyclic) bond motifs is 1. The monoisotopic (exact) mass is 385 g/mol. The highest BCUT2D eigenvalue weighted by molar-refractivity contribution is 9.10. The van der Waals surface area contributed by atoms with E-state index in [1.165, 1.54) is 0 Å². The lowest BCUT2D eigenvalue weighted by Crippen LogP contribution is -2.52. The number of rotatable bonds is 3. The molecule has 0 saturated heterocycles. The average molecular weight is 386 g/mol. The molecule has 1 aromatic rings. The molecule has 2 amide bonds. The molecule has 0 aliphatic carbocycles. The van der Waals surface area contributed by atoms with Crippen LogP contribution in [-0.2, 0) is 17.9 Å². The van der Waals surface area contributed by atoms with Gasteiger partial charge in [-0.2, -0.15) is 0 Å². The molecule has 1 atom stereocenters. The Labute approximate surface area is 144 Å². The lowest BCUT2D eigenvalue weighted by molar-refractivity contribution is -0.122. The first kappa shape index (κ1) is 17.9. The van der Waals surface area contributed by atoms with Crippen LogP contribution in [0.15, 0.2) is 4.73 Å². The minimum Gasteiger partial charge on any atom is -0.368 e. The van der Waals surface area contributed by atoms with Crippen LogP contribution in [0.4, 0.5) is 0 Å². The molecule has 0 saturated carbocycles. The fourth-order valence-electron chi connectivity index (χ4n) is 2.77. The van der Waals surface area contributed by atoms with Gasteiger partial charge in [0, 0.05) is 13.1 Å². The van der Waals surface area contributed by atoms with Crippen molar-refractivity contribution < 1.29 is 9.59 Å². The van der Waals surface area contributed by atoms with Gasteiger partial charge in [0.05, 0.1) is 5.69 Å². The summed E-state index contributed by atoms with van der Waals surface area (Å²) >= 11 is 3.42. The van der Waals surface area contributed by atoms with Gasteiger partial charge >= 0.3 is 0 Å². The molecule has 0 radical (unpaired) electrons. The van der Waals surface area contributed by atoms with Crippen LogP contribution in [0.5, 0.6) is 0 Å². The maximum absolute atomic E-state index is 12.7. The van der Waals surface area contributed by atoms with E-state index < -0.39 is 17.4 Å². The Bertz CT molecular complexity index is 620. The van der Waals surface area contributed by atoms with Gasteiger partial charge in [0.2, 0.25) is 5.91 Å². The van der Waals surface area contributed by atoms with Gasteiger partial charge in [0.1, 0.15) is 6.04 Å². The quantitative estimate of drug-likeness (QED) is 0.814. The lowest BCUT2D eigenvalue weighted by Gasteiger charge is -2.28. The minimum atomic E-state index is -0.755. The maximum Gasteiger partial charge on any atom is 0.272 e. The molecule has 1 aliphatic heterocycles. The Hall–Kier alpha value is -1.41. The summed E-state index contributed by atoms with van der Waals surface area (Å²) in [7, 11) is 2.01. The third kappa shape index (κ3) is 3.92. The lowest BCUT2D eigenvalue weighted by atomic mass is 9.86. The molecule has 1 aliphatic rings. The Kier molecular flexibility index (Phi) is 5.15. The average Bonchev–Trinajstić information content (AvgIpc) is 2.60. The molecular weight excluding hydrogens is 362 g/mol. The normalized spacial score (nSPS) is 17.3. The Balaban J connectivity index is 2.32. The van der Waals surface area contributed by atoms with Crippen LogP contribution >= 0.6 is 15.9 Å². The Morgan fingerprint density at radius 3 is 2.57 bits per heavy atom. The predicted molar refractivity (Wildman–Crippen MR) is 90.8 cm³/mol. The first-order chi connectivity index (χ1) is 10.6. The van der Waals surface area contributed by atoms with Crippen LogP contribution in [-0.4, -0.2) is 45.9 Å². The van der Waals surface area contributed by atoms with Crippen molar-refractivity contribution in [1.82, 2.24) is 19.8 Å². The summed E-state index contributed by atoms with van der Waals surface area (Å²) in [6.45, 7) is 7.98. The van der Waals surface area contributed by atoms with E-state index >= 15 is 0 Å². The summed E-state index contributed by atoms with van der Waals surface area (Å²) < 4.78 is 2.65. The number of nitrogens with zero attached hydrogens (tertiary/aromatic N) is 3. The van der Waals surface area contributed by atoms with E-state index in [1.807, 2.05) is 32.4 Å². The van der Waals surface area contributed by atoms with Crippen LogP contribution in [0.1, 0.15) is 43.4 Å². The molecule has 2 rings (SSSR count). The molecule has 23 heavy (non-hydrogen) atoms. The van der Waals surface area contributed by atoms with E-state index in [-0.39, 0.29) is 5.91 Å². The molecule has 0 bridgehead atoms. The topological polar surface area (TPSA) is 93.2 Å². The Morgan fingerprint density at radius 1 is 1.35 bits per heavy atom. The number of halogens is 1. The number of nitrogens with two attached hydrogens (primary N) is 1. The summed E-state index contributed by atoms with van der Waals surface area (Å²) in [4.78, 5) is 30.9. The third-order valence-electron chi connectivity index (χ3n) is 4.01. The van der Waals surface area contributed by atoms with Gasteiger partial charge in [-0.05, 0) is 41.4 Å². The second-order valence-electron chi connectivity index (χ2n) is 7.09.